The predicted octanol–water partition coefficient (Wildman–Crippen LogP) is 3.64. The number of anilines is 1. The highest BCUT2D eigenvalue weighted by atomic mass is 32.1. The first-order valence-corrected chi connectivity index (χ1v) is 7.65. The molecule has 1 N–H and O–H groups in total. The van der Waals surface area contributed by atoms with Crippen LogP contribution in [0.1, 0.15) is 21.9 Å². The molecule has 0 saturated carbocycles. The van der Waals surface area contributed by atoms with E-state index >= 15 is 0 Å². The van der Waals surface area contributed by atoms with Crippen LogP contribution >= 0.6 is 11.3 Å². The molecule has 0 fully saturated rings. The molecule has 0 aliphatic carbocycles. The fourth-order valence-electron chi connectivity index (χ4n) is 2.13. The summed E-state index contributed by atoms with van der Waals surface area (Å²) in [6.45, 7) is 1.12. The normalized spacial score (nSPS) is 10.5. The Balaban J connectivity index is 1.83. The van der Waals surface area contributed by atoms with Gasteiger partial charge in [0.15, 0.2) is 5.69 Å². The van der Waals surface area contributed by atoms with Crippen LogP contribution in [0.4, 0.5) is 5.69 Å². The topological polar surface area (TPSA) is 66.6 Å². The molecule has 0 spiro atoms. The fourth-order valence-corrected chi connectivity index (χ4v) is 2.79. The van der Waals surface area contributed by atoms with Crippen molar-refractivity contribution in [2.45, 2.75) is 13.1 Å². The van der Waals surface area contributed by atoms with Gasteiger partial charge in [0.2, 0.25) is 5.89 Å². The summed E-state index contributed by atoms with van der Waals surface area (Å²) in [4.78, 5) is 17.0. The molecule has 0 amide bonds. The van der Waals surface area contributed by atoms with Crippen LogP contribution in [0.15, 0.2) is 57.8 Å². The van der Waals surface area contributed by atoms with Crippen LogP contribution in [0.5, 0.6) is 0 Å². The van der Waals surface area contributed by atoms with Crippen LogP contribution in [0.2, 0.25) is 0 Å². The van der Waals surface area contributed by atoms with Crippen LogP contribution < -0.4 is 4.90 Å². The van der Waals surface area contributed by atoms with Gasteiger partial charge in [-0.2, -0.15) is 11.3 Å². The molecular formula is C16H14N2O3S. The van der Waals surface area contributed by atoms with Crippen LogP contribution in [0.3, 0.4) is 0 Å². The average Bonchev–Trinajstić information content (AvgIpc) is 3.19. The third-order valence-corrected chi connectivity index (χ3v) is 3.90. The first-order chi connectivity index (χ1) is 10.7. The Kier molecular flexibility index (Phi) is 4.20. The number of hydrogen-bond donors (Lipinski definition) is 1. The van der Waals surface area contributed by atoms with Gasteiger partial charge in [-0.3, -0.25) is 0 Å². The number of thiophene rings is 1. The number of nitrogens with zero attached hydrogens (tertiary/aromatic N) is 2. The van der Waals surface area contributed by atoms with Crippen LogP contribution in [-0.4, -0.2) is 16.1 Å². The molecule has 3 rings (SSSR count). The van der Waals surface area contributed by atoms with E-state index in [9.17, 15) is 4.79 Å². The maximum atomic E-state index is 10.9. The highest BCUT2D eigenvalue weighted by molar-refractivity contribution is 7.07. The van der Waals surface area contributed by atoms with E-state index in [0.29, 0.717) is 19.0 Å². The zero-order chi connectivity index (χ0) is 15.4. The van der Waals surface area contributed by atoms with Gasteiger partial charge in [0.1, 0.15) is 6.26 Å². The van der Waals surface area contributed by atoms with E-state index in [4.69, 9.17) is 9.52 Å². The summed E-state index contributed by atoms with van der Waals surface area (Å²) < 4.78 is 5.27. The molecule has 5 nitrogen and oxygen atoms in total. The molecule has 0 atom stereocenters. The van der Waals surface area contributed by atoms with Gasteiger partial charge in [0.25, 0.3) is 0 Å². The summed E-state index contributed by atoms with van der Waals surface area (Å²) in [5.74, 6) is -0.699. The zero-order valence-corrected chi connectivity index (χ0v) is 12.5. The Morgan fingerprint density at radius 2 is 2.05 bits per heavy atom. The van der Waals surface area contributed by atoms with Gasteiger partial charge in [0, 0.05) is 12.2 Å². The van der Waals surface area contributed by atoms with Crippen molar-refractivity contribution in [1.82, 2.24) is 4.98 Å². The number of aromatic carboxylic acids is 1. The van der Waals surface area contributed by atoms with Crippen molar-refractivity contribution in [3.63, 3.8) is 0 Å². The Morgan fingerprint density at radius 1 is 1.23 bits per heavy atom. The van der Waals surface area contributed by atoms with Gasteiger partial charge in [0.05, 0.1) is 6.54 Å². The fraction of sp³-hybridized carbons (Fsp3) is 0.125. The lowest BCUT2D eigenvalue weighted by Gasteiger charge is -2.22. The number of aromatic nitrogens is 1. The average molecular weight is 314 g/mol. The second-order valence-corrected chi connectivity index (χ2v) is 5.53. The van der Waals surface area contributed by atoms with Crippen molar-refractivity contribution < 1.29 is 14.3 Å². The second kappa shape index (κ2) is 6.44. The van der Waals surface area contributed by atoms with Gasteiger partial charge in [-0.1, -0.05) is 18.2 Å². The second-order valence-electron chi connectivity index (χ2n) is 4.75. The van der Waals surface area contributed by atoms with Crippen LogP contribution in [0.25, 0.3) is 0 Å². The van der Waals surface area contributed by atoms with E-state index in [2.05, 4.69) is 21.3 Å². The standard InChI is InChI=1S/C16H14N2O3S/c19-16(20)14-10-21-15(17-14)9-18(8-12-6-7-22-11-12)13-4-2-1-3-5-13/h1-7,10-11H,8-9H2,(H,19,20). The zero-order valence-electron chi connectivity index (χ0n) is 11.7. The number of rotatable bonds is 6. The van der Waals surface area contributed by atoms with E-state index in [1.807, 2.05) is 35.7 Å². The van der Waals surface area contributed by atoms with Crippen molar-refractivity contribution in [1.29, 1.82) is 0 Å². The lowest BCUT2D eigenvalue weighted by Crippen LogP contribution is -2.22. The van der Waals surface area contributed by atoms with E-state index in [-0.39, 0.29) is 5.69 Å². The Labute approximate surface area is 131 Å². The maximum absolute atomic E-state index is 10.9. The minimum Gasteiger partial charge on any atom is -0.476 e. The molecule has 112 valence electrons. The Morgan fingerprint density at radius 3 is 2.68 bits per heavy atom. The lowest BCUT2D eigenvalue weighted by atomic mass is 10.2. The van der Waals surface area contributed by atoms with Crippen molar-refractivity contribution >= 4 is 23.0 Å². The first kappa shape index (κ1) is 14.3. The molecule has 6 heteroatoms. The molecule has 0 bridgehead atoms. The van der Waals surface area contributed by atoms with Gasteiger partial charge in [-0.25, -0.2) is 9.78 Å². The van der Waals surface area contributed by atoms with Crippen LogP contribution in [-0.2, 0) is 13.1 Å². The Hall–Kier alpha value is -2.60. The summed E-state index contributed by atoms with van der Waals surface area (Å²) in [6.07, 6.45) is 1.17. The van der Waals surface area contributed by atoms with Gasteiger partial charge < -0.3 is 14.4 Å². The maximum Gasteiger partial charge on any atom is 0.357 e. The van der Waals surface area contributed by atoms with E-state index < -0.39 is 5.97 Å². The van der Waals surface area contributed by atoms with Crippen molar-refractivity contribution in [3.8, 4) is 0 Å². The molecule has 2 heterocycles. The summed E-state index contributed by atoms with van der Waals surface area (Å²) in [6, 6.07) is 12.0. The molecule has 22 heavy (non-hydrogen) atoms. The number of hydrogen-bond acceptors (Lipinski definition) is 5. The molecule has 1 aromatic carbocycles. The molecule has 2 aromatic heterocycles. The monoisotopic (exact) mass is 314 g/mol. The summed E-state index contributed by atoms with van der Waals surface area (Å²) in [5.41, 5.74) is 2.15. The molecule has 0 radical (unpaired) electrons. The summed E-state index contributed by atoms with van der Waals surface area (Å²) in [7, 11) is 0. The third kappa shape index (κ3) is 3.35. The van der Waals surface area contributed by atoms with E-state index in [1.165, 1.54) is 11.8 Å². The summed E-state index contributed by atoms with van der Waals surface area (Å²) >= 11 is 1.65. The highest BCUT2D eigenvalue weighted by Gasteiger charge is 2.15. The largest absolute Gasteiger partial charge is 0.476 e. The molecular weight excluding hydrogens is 300 g/mol. The van der Waals surface area contributed by atoms with Crippen molar-refractivity contribution in [2.75, 3.05) is 4.90 Å². The molecule has 0 unspecified atom stereocenters. The molecule has 0 saturated heterocycles. The quantitative estimate of drug-likeness (QED) is 0.752. The molecule has 0 aliphatic rings. The minimum absolute atomic E-state index is 0.0708. The smallest absolute Gasteiger partial charge is 0.357 e. The number of para-hydroxylation sites is 1. The van der Waals surface area contributed by atoms with E-state index in [0.717, 1.165) is 5.69 Å². The third-order valence-electron chi connectivity index (χ3n) is 3.17. The number of oxazole rings is 1. The number of carbonyl (C=O) groups is 1. The van der Waals surface area contributed by atoms with Gasteiger partial charge in [-0.05, 0) is 34.5 Å². The van der Waals surface area contributed by atoms with E-state index in [1.54, 1.807) is 11.3 Å². The predicted molar refractivity (Wildman–Crippen MR) is 84.1 cm³/mol. The van der Waals surface area contributed by atoms with Crippen LogP contribution in [0, 0.1) is 0 Å². The number of carboxylic acid groups (broad SMARTS) is 1. The summed E-state index contributed by atoms with van der Waals surface area (Å²) in [5, 5.41) is 13.0. The SMILES string of the molecule is O=C(O)c1coc(CN(Cc2ccsc2)c2ccccc2)n1. The van der Waals surface area contributed by atoms with Crippen molar-refractivity contribution in [2.24, 2.45) is 0 Å². The lowest BCUT2D eigenvalue weighted by molar-refractivity contribution is 0.0690. The minimum atomic E-state index is -1.08. The number of carboxylic acids is 1. The molecule has 3 aromatic rings. The Bertz CT molecular complexity index is 738. The molecule has 0 aliphatic heterocycles. The van der Waals surface area contributed by atoms with Crippen molar-refractivity contribution in [3.05, 3.63) is 70.6 Å². The highest BCUT2D eigenvalue weighted by Crippen LogP contribution is 2.20. The van der Waals surface area contributed by atoms with Gasteiger partial charge in [-0.15, -0.1) is 0 Å². The first-order valence-electron chi connectivity index (χ1n) is 6.71. The number of benzene rings is 1. The van der Waals surface area contributed by atoms with Gasteiger partial charge >= 0.3 is 5.97 Å².